The van der Waals surface area contributed by atoms with Gasteiger partial charge < -0.3 is 10.2 Å². The van der Waals surface area contributed by atoms with Gasteiger partial charge in [0.2, 0.25) is 0 Å². The van der Waals surface area contributed by atoms with Crippen molar-refractivity contribution in [3.63, 3.8) is 0 Å². The third-order valence-electron chi connectivity index (χ3n) is 6.11. The number of carbonyl (C=O) groups is 1. The molecule has 1 amide bonds. The van der Waals surface area contributed by atoms with Crippen LogP contribution < -0.4 is 5.32 Å². The lowest BCUT2D eigenvalue weighted by molar-refractivity contribution is -0.144. The van der Waals surface area contributed by atoms with E-state index in [9.17, 15) is 9.18 Å². The second-order valence-corrected chi connectivity index (χ2v) is 7.80. The molecule has 0 unspecified atom stereocenters. The second kappa shape index (κ2) is 7.80. The SMILES string of the molecule is O=C(N1CCC(Cc2ccc(F)cc2)CC1)C1(n2cccn2)CCNCC1. The number of nitrogens with one attached hydrogen (secondary N) is 1. The highest BCUT2D eigenvalue weighted by Gasteiger charge is 2.44. The average molecular weight is 370 g/mol. The predicted molar refractivity (Wildman–Crippen MR) is 102 cm³/mol. The lowest BCUT2D eigenvalue weighted by Crippen LogP contribution is -2.57. The molecule has 0 radical (unpaired) electrons. The molecule has 3 heterocycles. The highest BCUT2D eigenvalue weighted by atomic mass is 19.1. The van der Waals surface area contributed by atoms with E-state index in [0.29, 0.717) is 5.92 Å². The fourth-order valence-corrected chi connectivity index (χ4v) is 4.49. The maximum atomic E-state index is 13.5. The molecule has 0 atom stereocenters. The Morgan fingerprint density at radius 3 is 2.52 bits per heavy atom. The average Bonchev–Trinajstić information content (AvgIpc) is 3.26. The van der Waals surface area contributed by atoms with Gasteiger partial charge in [-0.25, -0.2) is 4.39 Å². The van der Waals surface area contributed by atoms with Gasteiger partial charge in [-0.1, -0.05) is 12.1 Å². The molecule has 4 rings (SSSR count). The molecule has 2 aliphatic heterocycles. The fourth-order valence-electron chi connectivity index (χ4n) is 4.49. The number of likely N-dealkylation sites (tertiary alicyclic amines) is 1. The van der Waals surface area contributed by atoms with Crippen LogP contribution in [0, 0.1) is 11.7 Å². The largest absolute Gasteiger partial charge is 0.341 e. The van der Waals surface area contributed by atoms with Gasteiger partial charge in [0, 0.05) is 25.5 Å². The minimum atomic E-state index is -0.543. The Labute approximate surface area is 159 Å². The van der Waals surface area contributed by atoms with Crippen LogP contribution in [0.2, 0.25) is 0 Å². The van der Waals surface area contributed by atoms with E-state index in [1.807, 2.05) is 34.0 Å². The van der Waals surface area contributed by atoms with Gasteiger partial charge in [-0.3, -0.25) is 9.48 Å². The number of hydrogen-bond donors (Lipinski definition) is 1. The Morgan fingerprint density at radius 1 is 1.19 bits per heavy atom. The lowest BCUT2D eigenvalue weighted by Gasteiger charge is -2.42. The molecular formula is C21H27FN4O. The number of aromatic nitrogens is 2. The van der Waals surface area contributed by atoms with Crippen LogP contribution in [0.3, 0.4) is 0 Å². The predicted octanol–water partition coefficient (Wildman–Crippen LogP) is 2.58. The molecule has 2 aromatic rings. The standard InChI is InChI=1S/C21H27FN4O/c22-19-4-2-17(3-5-19)16-18-6-14-25(15-7-18)20(27)21(8-11-23-12-9-21)26-13-1-10-24-26/h1-5,10,13,18,23H,6-9,11-12,14-16H2. The summed E-state index contributed by atoms with van der Waals surface area (Å²) >= 11 is 0. The Hall–Kier alpha value is -2.21. The quantitative estimate of drug-likeness (QED) is 0.900. The molecule has 2 aliphatic rings. The third kappa shape index (κ3) is 3.76. The van der Waals surface area contributed by atoms with E-state index in [1.165, 1.54) is 17.7 Å². The summed E-state index contributed by atoms with van der Waals surface area (Å²) in [7, 11) is 0. The van der Waals surface area contributed by atoms with Crippen molar-refractivity contribution in [2.24, 2.45) is 5.92 Å². The van der Waals surface area contributed by atoms with Gasteiger partial charge in [0.15, 0.2) is 0 Å². The van der Waals surface area contributed by atoms with Crippen LogP contribution in [0.5, 0.6) is 0 Å². The van der Waals surface area contributed by atoms with Crippen molar-refractivity contribution in [2.45, 2.75) is 37.6 Å². The van der Waals surface area contributed by atoms with Gasteiger partial charge in [-0.05, 0) is 74.9 Å². The normalized spacial score (nSPS) is 20.6. The van der Waals surface area contributed by atoms with Crippen molar-refractivity contribution < 1.29 is 9.18 Å². The zero-order valence-corrected chi connectivity index (χ0v) is 15.6. The maximum Gasteiger partial charge on any atom is 0.250 e. The summed E-state index contributed by atoms with van der Waals surface area (Å²) in [4.78, 5) is 15.5. The number of amides is 1. The molecule has 6 heteroatoms. The first-order chi connectivity index (χ1) is 13.2. The molecule has 1 N–H and O–H groups in total. The van der Waals surface area contributed by atoms with Crippen LogP contribution in [0.1, 0.15) is 31.2 Å². The molecule has 2 saturated heterocycles. The van der Waals surface area contributed by atoms with E-state index in [4.69, 9.17) is 0 Å². The Morgan fingerprint density at radius 2 is 1.89 bits per heavy atom. The first-order valence-electron chi connectivity index (χ1n) is 9.92. The van der Waals surface area contributed by atoms with Gasteiger partial charge in [0.05, 0.1) is 0 Å². The first kappa shape index (κ1) is 18.2. The summed E-state index contributed by atoms with van der Waals surface area (Å²) in [5, 5.41) is 7.78. The van der Waals surface area contributed by atoms with E-state index in [2.05, 4.69) is 10.4 Å². The second-order valence-electron chi connectivity index (χ2n) is 7.80. The van der Waals surface area contributed by atoms with E-state index < -0.39 is 5.54 Å². The number of carbonyl (C=O) groups excluding carboxylic acids is 1. The molecule has 27 heavy (non-hydrogen) atoms. The Balaban J connectivity index is 1.40. The third-order valence-corrected chi connectivity index (χ3v) is 6.11. The zero-order chi connectivity index (χ0) is 18.7. The van der Waals surface area contributed by atoms with Crippen LogP contribution in [-0.4, -0.2) is 46.8 Å². The molecular weight excluding hydrogens is 343 g/mol. The van der Waals surface area contributed by atoms with Crippen LogP contribution in [0.15, 0.2) is 42.7 Å². The summed E-state index contributed by atoms with van der Waals surface area (Å²) in [6.07, 6.45) is 8.19. The highest BCUT2D eigenvalue weighted by molar-refractivity contribution is 5.84. The number of piperidine rings is 2. The molecule has 144 valence electrons. The molecule has 5 nitrogen and oxygen atoms in total. The Kier molecular flexibility index (Phi) is 5.25. The van der Waals surface area contributed by atoms with Crippen molar-refractivity contribution >= 4 is 5.91 Å². The van der Waals surface area contributed by atoms with Crippen LogP contribution in [0.25, 0.3) is 0 Å². The lowest BCUT2D eigenvalue weighted by atomic mass is 9.84. The van der Waals surface area contributed by atoms with E-state index >= 15 is 0 Å². The topological polar surface area (TPSA) is 50.2 Å². The number of rotatable bonds is 4. The highest BCUT2D eigenvalue weighted by Crippen LogP contribution is 2.32. The fraction of sp³-hybridized carbons (Fsp3) is 0.524. The number of nitrogens with zero attached hydrogens (tertiary/aromatic N) is 3. The summed E-state index contributed by atoms with van der Waals surface area (Å²) in [5.41, 5.74) is 0.631. The van der Waals surface area contributed by atoms with Crippen molar-refractivity contribution in [1.82, 2.24) is 20.0 Å². The van der Waals surface area contributed by atoms with Crippen molar-refractivity contribution in [2.75, 3.05) is 26.2 Å². The van der Waals surface area contributed by atoms with Crippen LogP contribution in [0.4, 0.5) is 4.39 Å². The van der Waals surface area contributed by atoms with Gasteiger partial charge in [-0.15, -0.1) is 0 Å². The van der Waals surface area contributed by atoms with E-state index in [0.717, 1.165) is 58.3 Å². The molecule has 2 fully saturated rings. The van der Waals surface area contributed by atoms with Crippen molar-refractivity contribution in [1.29, 1.82) is 0 Å². The molecule has 1 aromatic heterocycles. The van der Waals surface area contributed by atoms with Crippen molar-refractivity contribution in [3.05, 3.63) is 54.1 Å². The van der Waals surface area contributed by atoms with Gasteiger partial charge in [0.25, 0.3) is 5.91 Å². The van der Waals surface area contributed by atoms with Gasteiger partial charge in [-0.2, -0.15) is 5.10 Å². The molecule has 0 bridgehead atoms. The van der Waals surface area contributed by atoms with Crippen LogP contribution >= 0.6 is 0 Å². The van der Waals surface area contributed by atoms with E-state index in [-0.39, 0.29) is 11.7 Å². The summed E-state index contributed by atoms with van der Waals surface area (Å²) in [5.74, 6) is 0.575. The minimum absolute atomic E-state index is 0.190. The van der Waals surface area contributed by atoms with Gasteiger partial charge in [0.1, 0.15) is 11.4 Å². The molecule has 0 saturated carbocycles. The van der Waals surface area contributed by atoms with Crippen LogP contribution in [-0.2, 0) is 16.8 Å². The first-order valence-corrected chi connectivity index (χ1v) is 9.92. The monoisotopic (exact) mass is 370 g/mol. The van der Waals surface area contributed by atoms with E-state index in [1.54, 1.807) is 6.20 Å². The van der Waals surface area contributed by atoms with Crippen molar-refractivity contribution in [3.8, 4) is 0 Å². The molecule has 0 spiro atoms. The Bertz CT molecular complexity index is 745. The minimum Gasteiger partial charge on any atom is -0.341 e. The summed E-state index contributed by atoms with van der Waals surface area (Å²) < 4.78 is 15.0. The maximum absolute atomic E-state index is 13.5. The summed E-state index contributed by atoms with van der Waals surface area (Å²) in [6.45, 7) is 3.27. The van der Waals surface area contributed by atoms with Gasteiger partial charge >= 0.3 is 0 Å². The zero-order valence-electron chi connectivity index (χ0n) is 15.6. The molecule has 1 aromatic carbocycles. The number of hydrogen-bond acceptors (Lipinski definition) is 3. The summed E-state index contributed by atoms with van der Waals surface area (Å²) in [6, 6.07) is 8.69. The number of benzene rings is 1. The number of halogens is 1. The smallest absolute Gasteiger partial charge is 0.250 e. The molecule has 0 aliphatic carbocycles.